The highest BCUT2D eigenvalue weighted by Crippen LogP contribution is 2.19. The van der Waals surface area contributed by atoms with Gasteiger partial charge >= 0.3 is 0 Å². The average Bonchev–Trinajstić information content (AvgIpc) is 2.96. The number of aryl methyl sites for hydroxylation is 2. The molecule has 0 fully saturated rings. The second kappa shape index (κ2) is 19.0. The topological polar surface area (TPSA) is 59.8 Å². The number of nitrogen functional groups attached to an aromatic ring is 2. The van der Waals surface area contributed by atoms with Crippen LogP contribution in [0.5, 0.6) is 0 Å². The summed E-state index contributed by atoms with van der Waals surface area (Å²) in [5, 5.41) is 0. The number of pyridine rings is 2. The van der Waals surface area contributed by atoms with E-state index >= 15 is 0 Å². The standard InChI is InChI=1S/C34H42N4.2HI/c35-33-23-21-31(29-17-11-9-12-18-29)27-37(33)25-15-7-5-3-1-2-4-6-8-16-26-38-28-32(22-24-34(38)36)30-19-13-10-14-20-30;;/h9-14,17-24,27-28,35-36H,1-8,15-16,25-26H2;2*1H. The van der Waals surface area contributed by atoms with Crippen molar-refractivity contribution in [2.24, 2.45) is 0 Å². The molecule has 4 N–H and O–H groups in total. The Balaban J connectivity index is 0.00000280. The molecule has 4 nitrogen and oxygen atoms in total. The molecule has 0 spiro atoms. The van der Waals surface area contributed by atoms with Crippen molar-refractivity contribution in [3.05, 3.63) is 97.3 Å². The lowest BCUT2D eigenvalue weighted by Crippen LogP contribution is -3.00. The van der Waals surface area contributed by atoms with Gasteiger partial charge in [-0.3, -0.25) is 11.5 Å². The zero-order chi connectivity index (χ0) is 26.4. The van der Waals surface area contributed by atoms with Crippen LogP contribution >= 0.6 is 0 Å². The Hall–Kier alpha value is -2.20. The summed E-state index contributed by atoms with van der Waals surface area (Å²) in [6, 6.07) is 29.3. The SMILES string of the molecule is Nc1ccc(-c2ccccc2)c[n+]1CCCCCCCCCCCC[n+]1cc(-c2ccccc2)ccc1N.[I-].[I-]. The van der Waals surface area contributed by atoms with Crippen LogP contribution in [-0.2, 0) is 13.1 Å². The molecule has 0 saturated heterocycles. The maximum Gasteiger partial charge on any atom is 0.272 e. The first-order valence-corrected chi connectivity index (χ1v) is 14.4. The lowest BCUT2D eigenvalue weighted by molar-refractivity contribution is -0.683. The van der Waals surface area contributed by atoms with Gasteiger partial charge in [0.2, 0.25) is 0 Å². The summed E-state index contributed by atoms with van der Waals surface area (Å²) in [6.07, 6.45) is 17.3. The molecule has 2 aromatic carbocycles. The highest BCUT2D eigenvalue weighted by molar-refractivity contribution is 5.62. The molecule has 0 amide bonds. The average molecular weight is 763 g/mol. The predicted molar refractivity (Wildman–Crippen MR) is 159 cm³/mol. The number of halogens is 2. The molecule has 4 rings (SSSR count). The quantitative estimate of drug-likeness (QED) is 0.109. The molecule has 0 unspecified atom stereocenters. The minimum atomic E-state index is 0. The number of unbranched alkanes of at least 4 members (excludes halogenated alkanes) is 9. The van der Waals surface area contributed by atoms with E-state index in [1.807, 2.05) is 12.1 Å². The van der Waals surface area contributed by atoms with Crippen LogP contribution in [-0.4, -0.2) is 0 Å². The Kier molecular flexibility index (Phi) is 16.2. The first-order valence-electron chi connectivity index (χ1n) is 14.4. The third-order valence-corrected chi connectivity index (χ3v) is 7.38. The Bertz CT molecular complexity index is 1150. The van der Waals surface area contributed by atoms with E-state index in [0.29, 0.717) is 0 Å². The van der Waals surface area contributed by atoms with Gasteiger partial charge in [0, 0.05) is 23.3 Å². The van der Waals surface area contributed by atoms with E-state index in [4.69, 9.17) is 11.5 Å². The zero-order valence-electron chi connectivity index (χ0n) is 23.5. The summed E-state index contributed by atoms with van der Waals surface area (Å²) in [4.78, 5) is 0. The Labute approximate surface area is 275 Å². The molecule has 0 atom stereocenters. The van der Waals surface area contributed by atoms with Crippen molar-refractivity contribution >= 4 is 11.6 Å². The van der Waals surface area contributed by atoms with Crippen molar-refractivity contribution < 1.29 is 57.1 Å². The van der Waals surface area contributed by atoms with E-state index in [1.165, 1.54) is 86.5 Å². The fourth-order valence-electron chi connectivity index (χ4n) is 5.08. The molecule has 40 heavy (non-hydrogen) atoms. The van der Waals surface area contributed by atoms with Crippen molar-refractivity contribution in [2.45, 2.75) is 77.3 Å². The summed E-state index contributed by atoms with van der Waals surface area (Å²) in [5.74, 6) is 1.68. The van der Waals surface area contributed by atoms with Crippen LogP contribution in [0.25, 0.3) is 22.3 Å². The van der Waals surface area contributed by atoms with Crippen LogP contribution < -0.4 is 68.6 Å². The van der Waals surface area contributed by atoms with Crippen molar-refractivity contribution in [3.63, 3.8) is 0 Å². The van der Waals surface area contributed by atoms with E-state index in [2.05, 4.69) is 94.3 Å². The molecule has 2 heterocycles. The van der Waals surface area contributed by atoms with E-state index < -0.39 is 0 Å². The second-order valence-electron chi connectivity index (χ2n) is 10.3. The lowest BCUT2D eigenvalue weighted by Gasteiger charge is -2.07. The molecule has 4 aromatic rings. The van der Waals surface area contributed by atoms with Crippen LogP contribution in [0.1, 0.15) is 64.2 Å². The number of aromatic nitrogens is 2. The Morgan fingerprint density at radius 1 is 0.375 bits per heavy atom. The van der Waals surface area contributed by atoms with Crippen molar-refractivity contribution in [1.29, 1.82) is 0 Å². The smallest absolute Gasteiger partial charge is 0.272 e. The summed E-state index contributed by atoms with van der Waals surface area (Å²) in [6.45, 7) is 1.98. The first kappa shape index (κ1) is 34.0. The maximum atomic E-state index is 6.22. The van der Waals surface area contributed by atoms with Gasteiger partial charge < -0.3 is 48.0 Å². The largest absolute Gasteiger partial charge is 1.00 e. The van der Waals surface area contributed by atoms with Gasteiger partial charge in [0.05, 0.1) is 25.5 Å². The number of nitrogens with two attached hydrogens (primary N) is 2. The zero-order valence-corrected chi connectivity index (χ0v) is 27.8. The molecular weight excluding hydrogens is 718 g/mol. The number of benzene rings is 2. The van der Waals surface area contributed by atoms with E-state index in [1.54, 1.807) is 0 Å². The molecule has 0 bridgehead atoms. The number of nitrogens with zero attached hydrogens (tertiary/aromatic N) is 2. The molecule has 0 aliphatic heterocycles. The van der Waals surface area contributed by atoms with Crippen molar-refractivity contribution in [3.8, 4) is 22.3 Å². The number of hydrogen-bond acceptors (Lipinski definition) is 2. The predicted octanol–water partition coefficient (Wildman–Crippen LogP) is 1.37. The minimum Gasteiger partial charge on any atom is -1.00 e. The van der Waals surface area contributed by atoms with Gasteiger partial charge in [-0.25, -0.2) is 9.13 Å². The van der Waals surface area contributed by atoms with Gasteiger partial charge in [-0.1, -0.05) is 99.2 Å². The molecular formula is C34H44I2N4. The highest BCUT2D eigenvalue weighted by Gasteiger charge is 2.08. The Morgan fingerprint density at radius 2 is 0.700 bits per heavy atom. The summed E-state index contributed by atoms with van der Waals surface area (Å²) >= 11 is 0. The van der Waals surface area contributed by atoms with Gasteiger partial charge in [0.25, 0.3) is 11.6 Å². The normalized spacial score (nSPS) is 10.5. The third-order valence-electron chi connectivity index (χ3n) is 7.38. The van der Waals surface area contributed by atoms with Crippen LogP contribution in [0.4, 0.5) is 11.6 Å². The van der Waals surface area contributed by atoms with E-state index in [-0.39, 0.29) is 48.0 Å². The second-order valence-corrected chi connectivity index (χ2v) is 10.3. The van der Waals surface area contributed by atoms with Crippen LogP contribution in [0.2, 0.25) is 0 Å². The van der Waals surface area contributed by atoms with Gasteiger partial charge in [0.15, 0.2) is 0 Å². The lowest BCUT2D eigenvalue weighted by atomic mass is 10.1. The van der Waals surface area contributed by atoms with Crippen LogP contribution in [0.15, 0.2) is 97.3 Å². The fraction of sp³-hybridized carbons (Fsp3) is 0.353. The third kappa shape index (κ3) is 11.0. The number of rotatable bonds is 15. The van der Waals surface area contributed by atoms with Crippen molar-refractivity contribution in [1.82, 2.24) is 0 Å². The summed E-state index contributed by atoms with van der Waals surface area (Å²) in [7, 11) is 0. The molecule has 6 heteroatoms. The fourth-order valence-corrected chi connectivity index (χ4v) is 5.08. The van der Waals surface area contributed by atoms with E-state index in [0.717, 1.165) is 24.7 Å². The summed E-state index contributed by atoms with van der Waals surface area (Å²) < 4.78 is 4.40. The molecule has 0 radical (unpaired) electrons. The summed E-state index contributed by atoms with van der Waals surface area (Å²) in [5.41, 5.74) is 17.4. The van der Waals surface area contributed by atoms with Gasteiger partial charge in [-0.2, -0.15) is 0 Å². The minimum absolute atomic E-state index is 0. The van der Waals surface area contributed by atoms with Crippen LogP contribution in [0, 0.1) is 0 Å². The monoisotopic (exact) mass is 762 g/mol. The van der Waals surface area contributed by atoms with Gasteiger partial charge in [-0.05, 0) is 48.9 Å². The maximum absolute atomic E-state index is 6.22. The van der Waals surface area contributed by atoms with E-state index in [9.17, 15) is 0 Å². The molecule has 0 aliphatic rings. The molecule has 214 valence electrons. The number of anilines is 2. The van der Waals surface area contributed by atoms with Gasteiger partial charge in [-0.15, -0.1) is 0 Å². The molecule has 0 aliphatic carbocycles. The van der Waals surface area contributed by atoms with Crippen LogP contribution in [0.3, 0.4) is 0 Å². The highest BCUT2D eigenvalue weighted by atomic mass is 127. The molecule has 2 aromatic heterocycles. The Morgan fingerprint density at radius 3 is 1.05 bits per heavy atom. The van der Waals surface area contributed by atoms with Gasteiger partial charge in [0.1, 0.15) is 0 Å². The first-order chi connectivity index (χ1) is 18.7. The number of hydrogen-bond donors (Lipinski definition) is 2. The molecule has 0 saturated carbocycles. The van der Waals surface area contributed by atoms with Crippen molar-refractivity contribution in [2.75, 3.05) is 11.5 Å².